The molecule has 0 atom stereocenters. The summed E-state index contributed by atoms with van der Waals surface area (Å²) in [5, 5.41) is 3.43. The van der Waals surface area contributed by atoms with Crippen molar-refractivity contribution in [3.05, 3.63) is 28.2 Å². The number of hydrogen-bond donors (Lipinski definition) is 2. The summed E-state index contributed by atoms with van der Waals surface area (Å²) in [5.41, 5.74) is 7.68. The highest BCUT2D eigenvalue weighted by Gasteiger charge is 2.16. The van der Waals surface area contributed by atoms with Gasteiger partial charge in [-0.2, -0.15) is 0 Å². The van der Waals surface area contributed by atoms with Gasteiger partial charge in [-0.3, -0.25) is 0 Å². The molecule has 1 fully saturated rings. The molecule has 1 aromatic carbocycles. The van der Waals surface area contributed by atoms with E-state index in [9.17, 15) is 0 Å². The van der Waals surface area contributed by atoms with Gasteiger partial charge in [-0.1, -0.05) is 47.4 Å². The molecule has 0 aliphatic heterocycles. The van der Waals surface area contributed by atoms with Gasteiger partial charge < -0.3 is 11.1 Å². The lowest BCUT2D eigenvalue weighted by Gasteiger charge is -2.25. The summed E-state index contributed by atoms with van der Waals surface area (Å²) < 4.78 is 1.00. The minimum atomic E-state index is 0.442. The maximum absolute atomic E-state index is 5.72. The zero-order chi connectivity index (χ0) is 12.3. The number of nitrogens with two attached hydrogens (primary N) is 1. The summed E-state index contributed by atoms with van der Waals surface area (Å²) in [6, 6.07) is 6.00. The summed E-state index contributed by atoms with van der Waals surface area (Å²) in [6.45, 7) is 1.00. The molecular formula is C13H17BrN2S. The first kappa shape index (κ1) is 12.8. The van der Waals surface area contributed by atoms with Crippen LogP contribution >= 0.6 is 28.1 Å². The Morgan fingerprint density at radius 1 is 1.47 bits per heavy atom. The minimum Gasteiger partial charge on any atom is -0.389 e. The fraction of sp³-hybridized carbons (Fsp3) is 0.462. The zero-order valence-electron chi connectivity index (χ0n) is 9.71. The Bertz CT molecular complexity index is 416. The summed E-state index contributed by atoms with van der Waals surface area (Å²) in [4.78, 5) is 0.442. The lowest BCUT2D eigenvalue weighted by Crippen LogP contribution is -2.18. The highest BCUT2D eigenvalue weighted by atomic mass is 79.9. The van der Waals surface area contributed by atoms with Crippen LogP contribution in [-0.2, 0) is 0 Å². The maximum atomic E-state index is 5.72. The molecular weight excluding hydrogens is 296 g/mol. The van der Waals surface area contributed by atoms with E-state index in [1.54, 1.807) is 0 Å². The Balaban J connectivity index is 1.96. The lowest BCUT2D eigenvalue weighted by molar-refractivity contribution is 0.303. The molecule has 92 valence electrons. The minimum absolute atomic E-state index is 0.442. The number of rotatable bonds is 5. The van der Waals surface area contributed by atoms with Crippen molar-refractivity contribution >= 4 is 38.8 Å². The van der Waals surface area contributed by atoms with Crippen LogP contribution in [0, 0.1) is 5.92 Å². The van der Waals surface area contributed by atoms with Crippen LogP contribution in [0.4, 0.5) is 5.69 Å². The van der Waals surface area contributed by atoms with Gasteiger partial charge in [-0.15, -0.1) is 0 Å². The van der Waals surface area contributed by atoms with Gasteiger partial charge in [0, 0.05) is 22.3 Å². The van der Waals surface area contributed by atoms with Crippen molar-refractivity contribution in [2.45, 2.75) is 25.7 Å². The molecule has 0 amide bonds. The second-order valence-electron chi connectivity index (χ2n) is 4.57. The van der Waals surface area contributed by atoms with Crippen LogP contribution in [0.5, 0.6) is 0 Å². The van der Waals surface area contributed by atoms with Crippen LogP contribution in [-0.4, -0.2) is 11.5 Å². The molecule has 4 heteroatoms. The Morgan fingerprint density at radius 2 is 2.24 bits per heavy atom. The molecule has 2 nitrogen and oxygen atoms in total. The Hall–Kier alpha value is -0.610. The Kier molecular flexibility index (Phi) is 4.40. The Morgan fingerprint density at radius 3 is 2.82 bits per heavy atom. The molecule has 0 radical (unpaired) electrons. The van der Waals surface area contributed by atoms with E-state index in [0.29, 0.717) is 4.99 Å². The zero-order valence-corrected chi connectivity index (χ0v) is 12.1. The highest BCUT2D eigenvalue weighted by Crippen LogP contribution is 2.29. The monoisotopic (exact) mass is 312 g/mol. The first-order chi connectivity index (χ1) is 8.16. The van der Waals surface area contributed by atoms with Crippen LogP contribution in [0.3, 0.4) is 0 Å². The van der Waals surface area contributed by atoms with Crippen molar-refractivity contribution in [3.8, 4) is 0 Å². The fourth-order valence-electron chi connectivity index (χ4n) is 2.07. The standard InChI is InChI=1S/C13H17BrN2S/c14-10-4-5-12(11(8-10)13(15)17)16-7-6-9-2-1-3-9/h4-5,8-9,16H,1-3,6-7H2,(H2,15,17). The van der Waals surface area contributed by atoms with E-state index in [1.165, 1.54) is 25.7 Å². The molecule has 0 unspecified atom stereocenters. The van der Waals surface area contributed by atoms with Crippen LogP contribution in [0.2, 0.25) is 0 Å². The van der Waals surface area contributed by atoms with E-state index >= 15 is 0 Å². The van der Waals surface area contributed by atoms with Crippen LogP contribution < -0.4 is 11.1 Å². The van der Waals surface area contributed by atoms with Crippen molar-refractivity contribution in [3.63, 3.8) is 0 Å². The Labute approximate surface area is 116 Å². The van der Waals surface area contributed by atoms with Crippen molar-refractivity contribution in [2.75, 3.05) is 11.9 Å². The average molecular weight is 313 g/mol. The fourth-order valence-corrected chi connectivity index (χ4v) is 2.60. The van der Waals surface area contributed by atoms with Crippen LogP contribution in [0.1, 0.15) is 31.2 Å². The van der Waals surface area contributed by atoms with E-state index in [2.05, 4.69) is 21.2 Å². The quantitative estimate of drug-likeness (QED) is 0.814. The first-order valence-electron chi connectivity index (χ1n) is 6.00. The molecule has 1 saturated carbocycles. The second kappa shape index (κ2) is 5.83. The largest absolute Gasteiger partial charge is 0.389 e. The van der Waals surface area contributed by atoms with E-state index in [1.807, 2.05) is 18.2 Å². The van der Waals surface area contributed by atoms with E-state index in [-0.39, 0.29) is 0 Å². The third-order valence-corrected chi connectivity index (χ3v) is 4.05. The van der Waals surface area contributed by atoms with Gasteiger partial charge in [0.1, 0.15) is 4.99 Å². The SMILES string of the molecule is NC(=S)c1cc(Br)ccc1NCCC1CCC1. The van der Waals surface area contributed by atoms with Crippen molar-refractivity contribution < 1.29 is 0 Å². The predicted octanol–water partition coefficient (Wildman–Crippen LogP) is 3.69. The van der Waals surface area contributed by atoms with Gasteiger partial charge in [0.15, 0.2) is 0 Å². The maximum Gasteiger partial charge on any atom is 0.106 e. The van der Waals surface area contributed by atoms with Crippen molar-refractivity contribution in [1.82, 2.24) is 0 Å². The highest BCUT2D eigenvalue weighted by molar-refractivity contribution is 9.10. The van der Waals surface area contributed by atoms with Crippen LogP contribution in [0.15, 0.2) is 22.7 Å². The number of benzene rings is 1. The van der Waals surface area contributed by atoms with Gasteiger partial charge in [-0.05, 0) is 30.5 Å². The molecule has 1 aliphatic carbocycles. The summed E-state index contributed by atoms with van der Waals surface area (Å²) in [5.74, 6) is 0.922. The summed E-state index contributed by atoms with van der Waals surface area (Å²) in [6.07, 6.45) is 5.43. The molecule has 17 heavy (non-hydrogen) atoms. The molecule has 3 N–H and O–H groups in total. The van der Waals surface area contributed by atoms with Crippen molar-refractivity contribution in [2.24, 2.45) is 11.7 Å². The van der Waals surface area contributed by atoms with Crippen molar-refractivity contribution in [1.29, 1.82) is 0 Å². The number of hydrogen-bond acceptors (Lipinski definition) is 2. The molecule has 0 aromatic heterocycles. The van der Waals surface area contributed by atoms with Gasteiger partial charge in [0.2, 0.25) is 0 Å². The molecule has 0 heterocycles. The topological polar surface area (TPSA) is 38.0 Å². The molecule has 0 bridgehead atoms. The predicted molar refractivity (Wildman–Crippen MR) is 80.5 cm³/mol. The third-order valence-electron chi connectivity index (χ3n) is 3.34. The number of nitrogens with one attached hydrogen (secondary N) is 1. The normalized spacial score (nSPS) is 15.4. The number of halogens is 1. The number of anilines is 1. The van der Waals surface area contributed by atoms with Gasteiger partial charge >= 0.3 is 0 Å². The molecule has 0 saturated heterocycles. The molecule has 2 rings (SSSR count). The lowest BCUT2D eigenvalue weighted by atomic mass is 9.83. The third kappa shape index (κ3) is 3.42. The number of thiocarbonyl (C=S) groups is 1. The second-order valence-corrected chi connectivity index (χ2v) is 5.92. The molecule has 1 aromatic rings. The first-order valence-corrected chi connectivity index (χ1v) is 7.20. The van der Waals surface area contributed by atoms with Gasteiger partial charge in [-0.25, -0.2) is 0 Å². The smallest absolute Gasteiger partial charge is 0.106 e. The van der Waals surface area contributed by atoms with Gasteiger partial charge in [0.05, 0.1) is 0 Å². The van der Waals surface area contributed by atoms with E-state index in [0.717, 1.165) is 28.2 Å². The van der Waals surface area contributed by atoms with Crippen LogP contribution in [0.25, 0.3) is 0 Å². The van der Waals surface area contributed by atoms with E-state index in [4.69, 9.17) is 18.0 Å². The van der Waals surface area contributed by atoms with Gasteiger partial charge in [0.25, 0.3) is 0 Å². The summed E-state index contributed by atoms with van der Waals surface area (Å²) in [7, 11) is 0. The molecule has 0 spiro atoms. The molecule has 1 aliphatic rings. The summed E-state index contributed by atoms with van der Waals surface area (Å²) >= 11 is 8.50. The average Bonchev–Trinajstić information content (AvgIpc) is 2.23. The van der Waals surface area contributed by atoms with E-state index < -0.39 is 0 Å².